The molecule has 2 rings (SSSR count). The maximum Gasteiger partial charge on any atom is 0.236 e. The molecule has 1 amide bonds. The molecule has 2 heterocycles. The van der Waals surface area contributed by atoms with E-state index in [2.05, 4.69) is 22.6 Å². The van der Waals surface area contributed by atoms with E-state index in [0.29, 0.717) is 18.8 Å². The lowest BCUT2D eigenvalue weighted by Gasteiger charge is -2.14. The van der Waals surface area contributed by atoms with Crippen molar-refractivity contribution < 1.29 is 9.53 Å². The number of thiol groups is 1. The molecule has 1 aliphatic heterocycles. The van der Waals surface area contributed by atoms with Crippen LogP contribution in [0.3, 0.4) is 0 Å². The van der Waals surface area contributed by atoms with E-state index in [1.807, 2.05) is 0 Å². The Kier molecular flexibility index (Phi) is 3.20. The lowest BCUT2D eigenvalue weighted by atomic mass is 10.4. The Balaban J connectivity index is 2.33. The molecule has 0 spiro atoms. The second-order valence-electron chi connectivity index (χ2n) is 3.40. The summed E-state index contributed by atoms with van der Waals surface area (Å²) >= 11 is 10.1. The molecule has 0 N–H and O–H groups in total. The summed E-state index contributed by atoms with van der Waals surface area (Å²) in [7, 11) is 1.48. The van der Waals surface area contributed by atoms with Gasteiger partial charge in [-0.25, -0.2) is 4.98 Å². The summed E-state index contributed by atoms with van der Waals surface area (Å²) in [4.78, 5) is 21.1. The van der Waals surface area contributed by atoms with E-state index >= 15 is 0 Å². The summed E-state index contributed by atoms with van der Waals surface area (Å²) in [5.41, 5.74) is 0. The second-order valence-corrected chi connectivity index (χ2v) is 4.51. The molecule has 0 aromatic carbocycles. The van der Waals surface area contributed by atoms with Crippen LogP contribution in [0.5, 0.6) is 5.88 Å². The van der Waals surface area contributed by atoms with Gasteiger partial charge in [0.25, 0.3) is 0 Å². The average molecular weight is 260 g/mol. The first-order chi connectivity index (χ1) is 7.60. The van der Waals surface area contributed by atoms with Crippen LogP contribution in [-0.4, -0.2) is 34.8 Å². The molecule has 0 radical (unpaired) electrons. The summed E-state index contributed by atoms with van der Waals surface area (Å²) in [6, 6.07) is 1.49. The van der Waals surface area contributed by atoms with Crippen molar-refractivity contribution in [1.29, 1.82) is 0 Å². The van der Waals surface area contributed by atoms with Crippen LogP contribution >= 0.6 is 24.2 Å². The lowest BCUT2D eigenvalue weighted by molar-refractivity contribution is -0.117. The number of amides is 1. The topological polar surface area (TPSA) is 55.3 Å². The van der Waals surface area contributed by atoms with Crippen molar-refractivity contribution in [2.45, 2.75) is 11.7 Å². The molecule has 5 nitrogen and oxygen atoms in total. The number of anilines is 1. The van der Waals surface area contributed by atoms with Crippen molar-refractivity contribution in [3.63, 3.8) is 0 Å². The van der Waals surface area contributed by atoms with Crippen LogP contribution in [0.2, 0.25) is 5.15 Å². The van der Waals surface area contributed by atoms with Gasteiger partial charge >= 0.3 is 0 Å². The Morgan fingerprint density at radius 2 is 2.38 bits per heavy atom. The first kappa shape index (κ1) is 11.5. The van der Waals surface area contributed by atoms with E-state index in [9.17, 15) is 4.79 Å². The van der Waals surface area contributed by atoms with E-state index in [1.165, 1.54) is 18.1 Å². The predicted molar refractivity (Wildman–Crippen MR) is 63.3 cm³/mol. The van der Waals surface area contributed by atoms with Gasteiger partial charge < -0.3 is 4.74 Å². The molecule has 1 fully saturated rings. The monoisotopic (exact) mass is 259 g/mol. The van der Waals surface area contributed by atoms with Crippen LogP contribution in [0.15, 0.2) is 6.07 Å². The number of methoxy groups -OCH3 is 1. The zero-order valence-corrected chi connectivity index (χ0v) is 10.2. The van der Waals surface area contributed by atoms with E-state index < -0.39 is 0 Å². The zero-order valence-electron chi connectivity index (χ0n) is 8.55. The van der Waals surface area contributed by atoms with Gasteiger partial charge in [0.2, 0.25) is 17.7 Å². The first-order valence-electron chi connectivity index (χ1n) is 4.67. The van der Waals surface area contributed by atoms with Gasteiger partial charge in [0.1, 0.15) is 5.15 Å². The summed E-state index contributed by atoms with van der Waals surface area (Å²) in [6.07, 6.45) is 0.390. The fourth-order valence-electron chi connectivity index (χ4n) is 1.49. The number of rotatable bonds is 2. The lowest BCUT2D eigenvalue weighted by Crippen LogP contribution is -2.26. The Morgan fingerprint density at radius 1 is 1.62 bits per heavy atom. The number of hydrogen-bond acceptors (Lipinski definition) is 5. The number of ether oxygens (including phenoxy) is 1. The SMILES string of the molecule is COc1cc(Cl)nc(N2CC(S)CC2=O)n1. The van der Waals surface area contributed by atoms with Gasteiger partial charge in [-0.05, 0) is 0 Å². The average Bonchev–Trinajstić information content (AvgIpc) is 2.57. The van der Waals surface area contributed by atoms with Gasteiger partial charge in [-0.1, -0.05) is 11.6 Å². The largest absolute Gasteiger partial charge is 0.481 e. The third-order valence-corrected chi connectivity index (χ3v) is 2.75. The van der Waals surface area contributed by atoms with Gasteiger partial charge in [0, 0.05) is 24.3 Å². The molecule has 1 aliphatic rings. The van der Waals surface area contributed by atoms with Crippen LogP contribution in [0.4, 0.5) is 5.95 Å². The van der Waals surface area contributed by atoms with Crippen molar-refractivity contribution in [1.82, 2.24) is 9.97 Å². The normalized spacial score (nSPS) is 20.3. The van der Waals surface area contributed by atoms with Gasteiger partial charge in [-0.2, -0.15) is 17.6 Å². The highest BCUT2D eigenvalue weighted by Crippen LogP contribution is 2.24. The van der Waals surface area contributed by atoms with Crippen LogP contribution < -0.4 is 9.64 Å². The molecule has 16 heavy (non-hydrogen) atoms. The standard InChI is InChI=1S/C9H10ClN3O2S/c1-15-7-3-6(10)11-9(12-7)13-4-5(16)2-8(13)14/h3,5,16H,2,4H2,1H3. The molecule has 0 bridgehead atoms. The minimum absolute atomic E-state index is 0.0149. The summed E-state index contributed by atoms with van der Waals surface area (Å²) < 4.78 is 4.96. The molecule has 1 aromatic rings. The van der Waals surface area contributed by atoms with Crippen molar-refractivity contribution in [3.05, 3.63) is 11.2 Å². The van der Waals surface area contributed by atoms with Gasteiger partial charge in [0.05, 0.1) is 7.11 Å². The third kappa shape index (κ3) is 2.22. The van der Waals surface area contributed by atoms with Crippen molar-refractivity contribution in [3.8, 4) is 5.88 Å². The third-order valence-electron chi connectivity index (χ3n) is 2.21. The number of nitrogens with zero attached hydrogens (tertiary/aromatic N) is 3. The van der Waals surface area contributed by atoms with E-state index in [1.54, 1.807) is 0 Å². The molecule has 7 heteroatoms. The summed E-state index contributed by atoms with van der Waals surface area (Å²) in [5.74, 6) is 0.556. The Hall–Kier alpha value is -1.01. The van der Waals surface area contributed by atoms with E-state index in [0.717, 1.165) is 0 Å². The number of hydrogen-bond donors (Lipinski definition) is 1. The Morgan fingerprint density at radius 3 is 2.94 bits per heavy atom. The maximum atomic E-state index is 11.6. The molecular formula is C9H10ClN3O2S. The Bertz CT molecular complexity index is 429. The van der Waals surface area contributed by atoms with Crippen molar-refractivity contribution >= 4 is 36.1 Å². The highest BCUT2D eigenvalue weighted by atomic mass is 35.5. The first-order valence-corrected chi connectivity index (χ1v) is 5.56. The van der Waals surface area contributed by atoms with Gasteiger partial charge in [-0.15, -0.1) is 0 Å². The molecule has 0 aliphatic carbocycles. The number of aromatic nitrogens is 2. The predicted octanol–water partition coefficient (Wildman–Crippen LogP) is 1.17. The maximum absolute atomic E-state index is 11.6. The minimum Gasteiger partial charge on any atom is -0.481 e. The quantitative estimate of drug-likeness (QED) is 0.640. The second kappa shape index (κ2) is 4.47. The van der Waals surface area contributed by atoms with Gasteiger partial charge in [0.15, 0.2) is 0 Å². The van der Waals surface area contributed by atoms with Crippen LogP contribution in [0, 0.1) is 0 Å². The molecule has 1 unspecified atom stereocenters. The molecule has 0 saturated carbocycles. The number of carbonyl (C=O) groups is 1. The minimum atomic E-state index is -0.0516. The van der Waals surface area contributed by atoms with E-state index in [-0.39, 0.29) is 22.3 Å². The highest BCUT2D eigenvalue weighted by molar-refractivity contribution is 7.81. The smallest absolute Gasteiger partial charge is 0.236 e. The van der Waals surface area contributed by atoms with Crippen LogP contribution in [-0.2, 0) is 4.79 Å². The Labute approximate surface area is 103 Å². The molecular weight excluding hydrogens is 250 g/mol. The van der Waals surface area contributed by atoms with Gasteiger partial charge in [-0.3, -0.25) is 9.69 Å². The number of halogens is 1. The molecule has 1 aromatic heterocycles. The van der Waals surface area contributed by atoms with E-state index in [4.69, 9.17) is 16.3 Å². The highest BCUT2D eigenvalue weighted by Gasteiger charge is 2.30. The summed E-state index contributed by atoms with van der Waals surface area (Å²) in [6.45, 7) is 0.492. The summed E-state index contributed by atoms with van der Waals surface area (Å²) in [5, 5.41) is 0.262. The molecule has 86 valence electrons. The number of carbonyl (C=O) groups excluding carboxylic acids is 1. The fourth-order valence-corrected chi connectivity index (χ4v) is 1.98. The molecule has 1 atom stereocenters. The van der Waals surface area contributed by atoms with Crippen molar-refractivity contribution in [2.24, 2.45) is 0 Å². The van der Waals surface area contributed by atoms with Crippen LogP contribution in [0.25, 0.3) is 0 Å². The molecule has 1 saturated heterocycles. The zero-order chi connectivity index (χ0) is 11.7. The fraction of sp³-hybridized carbons (Fsp3) is 0.444. The van der Waals surface area contributed by atoms with Crippen LogP contribution in [0.1, 0.15) is 6.42 Å². The van der Waals surface area contributed by atoms with Crippen molar-refractivity contribution in [2.75, 3.05) is 18.6 Å².